The summed E-state index contributed by atoms with van der Waals surface area (Å²) < 4.78 is 7.19. The lowest BCUT2D eigenvalue weighted by Gasteiger charge is -2.19. The van der Waals surface area contributed by atoms with Gasteiger partial charge in [-0.2, -0.15) is 0 Å². The van der Waals surface area contributed by atoms with E-state index in [1.54, 1.807) is 35.2 Å². The van der Waals surface area contributed by atoms with Gasteiger partial charge in [0.05, 0.1) is 4.47 Å². The van der Waals surface area contributed by atoms with Crippen LogP contribution in [0, 0.1) is 0 Å². The van der Waals surface area contributed by atoms with E-state index in [4.69, 9.17) is 4.74 Å². The molecule has 0 bridgehead atoms. The summed E-state index contributed by atoms with van der Waals surface area (Å²) in [5.41, 5.74) is 1.11. The molecule has 0 radical (unpaired) electrons. The van der Waals surface area contributed by atoms with Crippen molar-refractivity contribution in [2.75, 3.05) is 25.0 Å². The number of anilines is 1. The number of ether oxygens (including phenoxy) is 1. The average Bonchev–Trinajstić information content (AvgIpc) is 2.62. The van der Waals surface area contributed by atoms with Gasteiger partial charge in [-0.25, -0.2) is 0 Å². The molecule has 7 heteroatoms. The normalized spacial score (nSPS) is 10.3. The minimum absolute atomic E-state index is 0.0545. The Balaban J connectivity index is 1.98. The van der Waals surface area contributed by atoms with Gasteiger partial charge in [-0.05, 0) is 66.2 Å². The Kier molecular flexibility index (Phi) is 7.66. The van der Waals surface area contributed by atoms with Crippen LogP contribution in [0.3, 0.4) is 0 Å². The molecular formula is C19H20Br2N2O3. The van der Waals surface area contributed by atoms with Crippen LogP contribution < -0.4 is 10.1 Å². The number of hydrogen-bond donors (Lipinski definition) is 1. The number of benzene rings is 2. The lowest BCUT2D eigenvalue weighted by atomic mass is 10.1. The standard InChI is InChI=1S/C19H20Br2N2O3/c1-3-23(4-2)19(25)13-6-5-7-15(10-13)22-18(24)12-26-17-9-8-14(20)11-16(17)21/h5-11H,3-4,12H2,1-2H3,(H,22,24). The molecule has 0 aliphatic heterocycles. The number of halogens is 2. The van der Waals surface area contributed by atoms with Crippen molar-refractivity contribution in [1.29, 1.82) is 0 Å². The number of carbonyl (C=O) groups excluding carboxylic acids is 2. The van der Waals surface area contributed by atoms with Crippen molar-refractivity contribution in [1.82, 2.24) is 4.90 Å². The number of carbonyl (C=O) groups is 2. The molecule has 2 aromatic rings. The summed E-state index contributed by atoms with van der Waals surface area (Å²) in [7, 11) is 0. The summed E-state index contributed by atoms with van der Waals surface area (Å²) in [6, 6.07) is 12.4. The summed E-state index contributed by atoms with van der Waals surface area (Å²) in [6.45, 7) is 5.02. The second-order valence-electron chi connectivity index (χ2n) is 5.47. The smallest absolute Gasteiger partial charge is 0.262 e. The molecule has 0 aromatic heterocycles. The third kappa shape index (κ3) is 5.57. The predicted molar refractivity (Wildman–Crippen MR) is 110 cm³/mol. The molecule has 1 N–H and O–H groups in total. The molecule has 2 amide bonds. The Morgan fingerprint density at radius 2 is 1.81 bits per heavy atom. The fourth-order valence-electron chi connectivity index (χ4n) is 2.36. The van der Waals surface area contributed by atoms with Crippen molar-refractivity contribution in [3.63, 3.8) is 0 Å². The van der Waals surface area contributed by atoms with Crippen LogP contribution in [-0.2, 0) is 4.79 Å². The maximum Gasteiger partial charge on any atom is 0.262 e. The zero-order valence-corrected chi connectivity index (χ0v) is 17.8. The average molecular weight is 484 g/mol. The van der Waals surface area contributed by atoms with Gasteiger partial charge >= 0.3 is 0 Å². The van der Waals surface area contributed by atoms with Gasteiger partial charge in [-0.1, -0.05) is 22.0 Å². The van der Waals surface area contributed by atoms with Crippen LogP contribution in [0.5, 0.6) is 5.75 Å². The van der Waals surface area contributed by atoms with Crippen LogP contribution in [0.25, 0.3) is 0 Å². The number of amides is 2. The SMILES string of the molecule is CCN(CC)C(=O)c1cccc(NC(=O)COc2ccc(Br)cc2Br)c1. The van der Waals surface area contributed by atoms with E-state index in [1.807, 2.05) is 26.0 Å². The van der Waals surface area contributed by atoms with Crippen molar-refractivity contribution in [2.45, 2.75) is 13.8 Å². The first-order valence-electron chi connectivity index (χ1n) is 8.21. The fraction of sp³-hybridized carbons (Fsp3) is 0.263. The van der Waals surface area contributed by atoms with Crippen LogP contribution in [0.1, 0.15) is 24.2 Å². The monoisotopic (exact) mass is 482 g/mol. The molecule has 26 heavy (non-hydrogen) atoms. The molecule has 0 saturated heterocycles. The van der Waals surface area contributed by atoms with Crippen LogP contribution in [0.15, 0.2) is 51.4 Å². The van der Waals surface area contributed by atoms with Gasteiger partial charge in [-0.3, -0.25) is 9.59 Å². The minimum atomic E-state index is -0.299. The van der Waals surface area contributed by atoms with Crippen LogP contribution in [0.4, 0.5) is 5.69 Å². The summed E-state index contributed by atoms with van der Waals surface area (Å²) in [6.07, 6.45) is 0. The van der Waals surface area contributed by atoms with Crippen molar-refractivity contribution < 1.29 is 14.3 Å². The zero-order chi connectivity index (χ0) is 19.1. The molecule has 0 fully saturated rings. The highest BCUT2D eigenvalue weighted by atomic mass is 79.9. The second-order valence-corrected chi connectivity index (χ2v) is 7.24. The molecule has 138 valence electrons. The van der Waals surface area contributed by atoms with Gasteiger partial charge in [0, 0.05) is 28.8 Å². The first-order chi connectivity index (χ1) is 12.4. The Morgan fingerprint density at radius 1 is 1.08 bits per heavy atom. The predicted octanol–water partition coefficient (Wildman–Crippen LogP) is 4.71. The van der Waals surface area contributed by atoms with Crippen LogP contribution >= 0.6 is 31.9 Å². The van der Waals surface area contributed by atoms with E-state index in [0.29, 0.717) is 30.1 Å². The summed E-state index contributed by atoms with van der Waals surface area (Å²) >= 11 is 6.75. The highest BCUT2D eigenvalue weighted by Crippen LogP contribution is 2.28. The molecule has 0 aliphatic rings. The lowest BCUT2D eigenvalue weighted by molar-refractivity contribution is -0.118. The Labute approximate surface area is 170 Å². The van der Waals surface area contributed by atoms with Gasteiger partial charge in [0.15, 0.2) is 6.61 Å². The highest BCUT2D eigenvalue weighted by molar-refractivity contribution is 9.11. The summed E-state index contributed by atoms with van der Waals surface area (Å²) in [5, 5.41) is 2.75. The molecular weight excluding hydrogens is 464 g/mol. The van der Waals surface area contributed by atoms with E-state index in [1.165, 1.54) is 0 Å². The Hall–Kier alpha value is -1.86. The summed E-state index contributed by atoms with van der Waals surface area (Å²) in [4.78, 5) is 26.3. The van der Waals surface area contributed by atoms with E-state index < -0.39 is 0 Å². The van der Waals surface area contributed by atoms with Crippen LogP contribution in [0.2, 0.25) is 0 Å². The molecule has 5 nitrogen and oxygen atoms in total. The maximum absolute atomic E-state index is 12.4. The van der Waals surface area contributed by atoms with E-state index in [9.17, 15) is 9.59 Å². The van der Waals surface area contributed by atoms with E-state index in [0.717, 1.165) is 8.95 Å². The molecule has 0 atom stereocenters. The molecule has 2 rings (SSSR count). The number of nitrogens with zero attached hydrogens (tertiary/aromatic N) is 1. The maximum atomic E-state index is 12.4. The Morgan fingerprint density at radius 3 is 2.46 bits per heavy atom. The lowest BCUT2D eigenvalue weighted by Crippen LogP contribution is -2.30. The van der Waals surface area contributed by atoms with E-state index in [2.05, 4.69) is 37.2 Å². The fourth-order valence-corrected chi connectivity index (χ4v) is 3.52. The number of nitrogens with one attached hydrogen (secondary N) is 1. The first-order valence-corrected chi connectivity index (χ1v) is 9.80. The third-order valence-corrected chi connectivity index (χ3v) is 4.81. The van der Waals surface area contributed by atoms with Gasteiger partial charge in [-0.15, -0.1) is 0 Å². The van der Waals surface area contributed by atoms with E-state index >= 15 is 0 Å². The molecule has 0 heterocycles. The quantitative estimate of drug-likeness (QED) is 0.620. The molecule has 0 unspecified atom stereocenters. The molecule has 0 saturated carbocycles. The van der Waals surface area contributed by atoms with Crippen molar-refractivity contribution >= 4 is 49.4 Å². The molecule has 0 aliphatic carbocycles. The zero-order valence-electron chi connectivity index (χ0n) is 14.6. The number of hydrogen-bond acceptors (Lipinski definition) is 3. The first kappa shape index (κ1) is 20.5. The van der Waals surface area contributed by atoms with Gasteiger partial charge in [0.25, 0.3) is 11.8 Å². The second kappa shape index (κ2) is 9.73. The molecule has 0 spiro atoms. The van der Waals surface area contributed by atoms with Gasteiger partial charge in [0.2, 0.25) is 0 Å². The third-order valence-electron chi connectivity index (χ3n) is 3.70. The Bertz CT molecular complexity index is 792. The van der Waals surface area contributed by atoms with Gasteiger partial charge in [0.1, 0.15) is 5.75 Å². The topological polar surface area (TPSA) is 58.6 Å². The number of rotatable bonds is 7. The minimum Gasteiger partial charge on any atom is -0.483 e. The van der Waals surface area contributed by atoms with E-state index in [-0.39, 0.29) is 18.4 Å². The van der Waals surface area contributed by atoms with Gasteiger partial charge < -0.3 is 15.0 Å². The van der Waals surface area contributed by atoms with Crippen molar-refractivity contribution in [3.8, 4) is 5.75 Å². The van der Waals surface area contributed by atoms with Crippen LogP contribution in [-0.4, -0.2) is 36.4 Å². The van der Waals surface area contributed by atoms with Crippen molar-refractivity contribution in [3.05, 3.63) is 57.0 Å². The molecule has 2 aromatic carbocycles. The highest BCUT2D eigenvalue weighted by Gasteiger charge is 2.13. The van der Waals surface area contributed by atoms with Crippen molar-refractivity contribution in [2.24, 2.45) is 0 Å². The summed E-state index contributed by atoms with van der Waals surface area (Å²) in [5.74, 6) is 0.224. The largest absolute Gasteiger partial charge is 0.483 e.